The summed E-state index contributed by atoms with van der Waals surface area (Å²) in [5, 5.41) is 0. The van der Waals surface area contributed by atoms with Gasteiger partial charge in [-0.2, -0.15) is 0 Å². The molecular weight excluding hydrogens is 224 g/mol. The Morgan fingerprint density at radius 3 is 2.00 bits per heavy atom. The highest BCUT2D eigenvalue weighted by Crippen LogP contribution is 2.37. The van der Waals surface area contributed by atoms with Crippen LogP contribution in [0.2, 0.25) is 0 Å². The maximum Gasteiger partial charge on any atom is 0.309 e. The molecule has 1 fully saturated rings. The smallest absolute Gasteiger partial charge is 0.309 e. The molecule has 1 aliphatic carbocycles. The van der Waals surface area contributed by atoms with Crippen LogP contribution in [0.3, 0.4) is 0 Å². The van der Waals surface area contributed by atoms with Crippen LogP contribution in [0, 0.1) is 16.7 Å². The van der Waals surface area contributed by atoms with Gasteiger partial charge in [0, 0.05) is 0 Å². The fourth-order valence-electron chi connectivity index (χ4n) is 2.61. The van der Waals surface area contributed by atoms with E-state index < -0.39 is 0 Å². The topological polar surface area (TPSA) is 26.3 Å². The zero-order valence-electron chi connectivity index (χ0n) is 13.0. The van der Waals surface area contributed by atoms with Gasteiger partial charge in [-0.3, -0.25) is 4.79 Å². The fraction of sp³-hybridized carbons (Fsp3) is 0.938. The van der Waals surface area contributed by atoms with E-state index in [-0.39, 0.29) is 28.8 Å². The largest absolute Gasteiger partial charge is 0.462 e. The van der Waals surface area contributed by atoms with Crippen LogP contribution >= 0.6 is 0 Å². The molecule has 0 aromatic heterocycles. The summed E-state index contributed by atoms with van der Waals surface area (Å²) in [4.78, 5) is 12.4. The highest BCUT2D eigenvalue weighted by Gasteiger charge is 2.37. The number of hydrogen-bond acceptors (Lipinski definition) is 2. The average Bonchev–Trinajstić information content (AvgIpc) is 2.63. The van der Waals surface area contributed by atoms with Gasteiger partial charge in [-0.15, -0.1) is 0 Å². The van der Waals surface area contributed by atoms with E-state index in [9.17, 15) is 4.79 Å². The molecule has 0 radical (unpaired) electrons. The molecule has 0 amide bonds. The third-order valence-electron chi connectivity index (χ3n) is 3.73. The monoisotopic (exact) mass is 254 g/mol. The van der Waals surface area contributed by atoms with Crippen LogP contribution < -0.4 is 0 Å². The third kappa shape index (κ3) is 4.99. The van der Waals surface area contributed by atoms with Crippen molar-refractivity contribution in [2.24, 2.45) is 16.7 Å². The van der Waals surface area contributed by atoms with Crippen molar-refractivity contribution in [1.82, 2.24) is 0 Å². The zero-order valence-corrected chi connectivity index (χ0v) is 13.0. The average molecular weight is 254 g/mol. The van der Waals surface area contributed by atoms with Crippen LogP contribution in [-0.4, -0.2) is 12.1 Å². The fourth-order valence-corrected chi connectivity index (χ4v) is 2.61. The van der Waals surface area contributed by atoms with Crippen LogP contribution in [0.25, 0.3) is 0 Å². The van der Waals surface area contributed by atoms with E-state index in [2.05, 4.69) is 41.5 Å². The summed E-state index contributed by atoms with van der Waals surface area (Å²) < 4.78 is 5.71. The minimum Gasteiger partial charge on any atom is -0.462 e. The van der Waals surface area contributed by atoms with Gasteiger partial charge in [-0.05, 0) is 42.9 Å². The lowest BCUT2D eigenvalue weighted by molar-refractivity contribution is -0.159. The van der Waals surface area contributed by atoms with Crippen LogP contribution in [-0.2, 0) is 9.53 Å². The van der Waals surface area contributed by atoms with Gasteiger partial charge >= 0.3 is 5.97 Å². The number of ether oxygens (including phenoxy) is 1. The Bertz CT molecular complexity index is 274. The Labute approximate surface area is 112 Å². The van der Waals surface area contributed by atoms with Gasteiger partial charge in [0.05, 0.1) is 5.92 Å². The molecule has 0 spiro atoms. The lowest BCUT2D eigenvalue weighted by Crippen LogP contribution is -2.35. The molecule has 1 aliphatic rings. The van der Waals surface area contributed by atoms with E-state index >= 15 is 0 Å². The van der Waals surface area contributed by atoms with Crippen molar-refractivity contribution < 1.29 is 9.53 Å². The third-order valence-corrected chi connectivity index (χ3v) is 3.73. The minimum absolute atomic E-state index is 0.00176. The summed E-state index contributed by atoms with van der Waals surface area (Å²) in [6.07, 6.45) is 5.59. The molecule has 0 aromatic carbocycles. The predicted octanol–water partition coefficient (Wildman–Crippen LogP) is 4.57. The number of rotatable bonds is 3. The summed E-state index contributed by atoms with van der Waals surface area (Å²) in [5.41, 5.74) is 0.135. The molecule has 1 saturated carbocycles. The summed E-state index contributed by atoms with van der Waals surface area (Å²) in [6.45, 7) is 13.0. The first-order valence-corrected chi connectivity index (χ1v) is 7.30. The highest BCUT2D eigenvalue weighted by atomic mass is 16.5. The predicted molar refractivity (Wildman–Crippen MR) is 75.4 cm³/mol. The lowest BCUT2D eigenvalue weighted by atomic mass is 9.72. The first-order chi connectivity index (χ1) is 8.09. The molecule has 106 valence electrons. The van der Waals surface area contributed by atoms with Crippen molar-refractivity contribution in [1.29, 1.82) is 0 Å². The van der Waals surface area contributed by atoms with Gasteiger partial charge in [-0.1, -0.05) is 41.5 Å². The van der Waals surface area contributed by atoms with Crippen LogP contribution in [0.5, 0.6) is 0 Å². The number of carbonyl (C=O) groups excluding carboxylic acids is 1. The van der Waals surface area contributed by atoms with E-state index in [4.69, 9.17) is 4.74 Å². The highest BCUT2D eigenvalue weighted by molar-refractivity contribution is 5.73. The van der Waals surface area contributed by atoms with E-state index in [1.54, 1.807) is 0 Å². The van der Waals surface area contributed by atoms with E-state index in [0.717, 1.165) is 19.3 Å². The first kappa shape index (κ1) is 15.5. The number of esters is 1. The van der Waals surface area contributed by atoms with Crippen molar-refractivity contribution in [2.75, 3.05) is 0 Å². The van der Waals surface area contributed by atoms with Crippen molar-refractivity contribution in [3.8, 4) is 0 Å². The van der Waals surface area contributed by atoms with Gasteiger partial charge in [-0.25, -0.2) is 0 Å². The molecule has 18 heavy (non-hydrogen) atoms. The van der Waals surface area contributed by atoms with E-state index in [0.29, 0.717) is 0 Å². The molecule has 1 unspecified atom stereocenters. The van der Waals surface area contributed by atoms with Crippen molar-refractivity contribution >= 4 is 5.97 Å². The molecule has 2 nitrogen and oxygen atoms in total. The second-order valence-electron chi connectivity index (χ2n) is 8.03. The molecule has 1 atom stereocenters. The minimum atomic E-state index is -0.0248. The van der Waals surface area contributed by atoms with Crippen LogP contribution in [0.4, 0.5) is 0 Å². The first-order valence-electron chi connectivity index (χ1n) is 7.30. The van der Waals surface area contributed by atoms with Crippen LogP contribution in [0.1, 0.15) is 73.6 Å². The Morgan fingerprint density at radius 2 is 1.61 bits per heavy atom. The van der Waals surface area contributed by atoms with E-state index in [1.807, 2.05) is 0 Å². The molecule has 0 bridgehead atoms. The summed E-state index contributed by atoms with van der Waals surface area (Å²) in [7, 11) is 0. The van der Waals surface area contributed by atoms with Crippen molar-refractivity contribution in [2.45, 2.75) is 79.8 Å². The summed E-state index contributed by atoms with van der Waals surface area (Å²) in [5.74, 6) is 0.0161. The quantitative estimate of drug-likeness (QED) is 0.690. The molecule has 0 aliphatic heterocycles. The maximum atomic E-state index is 12.4. The molecular formula is C16H30O2. The molecule has 1 rings (SSSR count). The molecule has 0 N–H and O–H groups in total. The van der Waals surface area contributed by atoms with Gasteiger partial charge in [0.1, 0.15) is 6.10 Å². The Balaban J connectivity index is 2.67. The maximum absolute atomic E-state index is 12.4. The molecule has 0 heterocycles. The Morgan fingerprint density at radius 1 is 1.11 bits per heavy atom. The number of carbonyl (C=O) groups is 1. The second kappa shape index (κ2) is 5.63. The normalized spacial score (nSPS) is 19.9. The van der Waals surface area contributed by atoms with Gasteiger partial charge in [0.25, 0.3) is 0 Å². The van der Waals surface area contributed by atoms with Gasteiger partial charge in [0.2, 0.25) is 0 Å². The lowest BCUT2D eigenvalue weighted by Gasteiger charge is -2.34. The molecule has 0 saturated heterocycles. The van der Waals surface area contributed by atoms with E-state index in [1.165, 1.54) is 12.8 Å². The Kier molecular flexibility index (Phi) is 4.85. The molecule has 0 aromatic rings. The van der Waals surface area contributed by atoms with Crippen molar-refractivity contribution in [3.63, 3.8) is 0 Å². The molecule has 2 heteroatoms. The SMILES string of the molecule is CC(C)(C)CC(C(=O)OC1CCCC1)C(C)(C)C. The second-order valence-corrected chi connectivity index (χ2v) is 8.03. The Hall–Kier alpha value is -0.530. The summed E-state index contributed by atoms with van der Waals surface area (Å²) in [6, 6.07) is 0. The zero-order chi connectivity index (χ0) is 14.0. The van der Waals surface area contributed by atoms with Crippen molar-refractivity contribution in [3.05, 3.63) is 0 Å². The summed E-state index contributed by atoms with van der Waals surface area (Å²) >= 11 is 0. The van der Waals surface area contributed by atoms with Gasteiger partial charge < -0.3 is 4.74 Å². The standard InChI is InChI=1S/C16H30O2/c1-15(2,3)11-13(16(4,5)6)14(17)18-12-9-7-8-10-12/h12-13H,7-11H2,1-6H3. The number of hydrogen-bond donors (Lipinski definition) is 0. The van der Waals surface area contributed by atoms with Gasteiger partial charge in [0.15, 0.2) is 0 Å². The van der Waals surface area contributed by atoms with Crippen LogP contribution in [0.15, 0.2) is 0 Å².